The van der Waals surface area contributed by atoms with Gasteiger partial charge in [-0.05, 0) is 25.5 Å². The van der Waals surface area contributed by atoms with Gasteiger partial charge in [0.15, 0.2) is 5.13 Å². The van der Waals surface area contributed by atoms with Gasteiger partial charge in [0.25, 0.3) is 11.6 Å². The number of amides is 1. The van der Waals surface area contributed by atoms with E-state index >= 15 is 0 Å². The molecule has 3 aromatic rings. The second kappa shape index (κ2) is 6.82. The Morgan fingerprint density at radius 3 is 2.72 bits per heavy atom. The van der Waals surface area contributed by atoms with Crippen LogP contribution in [-0.4, -0.2) is 15.8 Å². The normalized spacial score (nSPS) is 10.5. The second-order valence-electron chi connectivity index (χ2n) is 5.62. The van der Waals surface area contributed by atoms with Crippen LogP contribution in [0.4, 0.5) is 10.8 Å². The standard InChI is InChI=1S/C18H15N3O3S/c1-11-6-7-15(12(2)8-11)16-10-25-18(19-16)20-17(22)13-4-3-5-14(9-13)21(23)24/h3-10H,1-2H3,(H,19,20,22). The first-order chi connectivity index (χ1) is 11.9. The molecule has 0 aliphatic rings. The highest BCUT2D eigenvalue weighted by molar-refractivity contribution is 7.14. The van der Waals surface area contributed by atoms with E-state index in [0.717, 1.165) is 16.8 Å². The number of rotatable bonds is 4. The Morgan fingerprint density at radius 1 is 1.20 bits per heavy atom. The van der Waals surface area contributed by atoms with E-state index in [0.29, 0.717) is 5.13 Å². The van der Waals surface area contributed by atoms with E-state index in [1.165, 1.54) is 41.2 Å². The van der Waals surface area contributed by atoms with Gasteiger partial charge in [-0.1, -0.05) is 29.8 Å². The van der Waals surface area contributed by atoms with Crippen LogP contribution < -0.4 is 5.32 Å². The number of carbonyl (C=O) groups is 1. The van der Waals surface area contributed by atoms with Gasteiger partial charge in [0.05, 0.1) is 10.6 Å². The second-order valence-corrected chi connectivity index (χ2v) is 6.48. The molecule has 0 aliphatic heterocycles. The Balaban J connectivity index is 1.80. The van der Waals surface area contributed by atoms with Crippen LogP contribution >= 0.6 is 11.3 Å². The van der Waals surface area contributed by atoms with Crippen LogP contribution in [0.25, 0.3) is 11.3 Å². The maximum absolute atomic E-state index is 12.3. The summed E-state index contributed by atoms with van der Waals surface area (Å²) in [5, 5.41) is 15.8. The summed E-state index contributed by atoms with van der Waals surface area (Å²) in [5.74, 6) is -0.426. The molecule has 6 nitrogen and oxygen atoms in total. The van der Waals surface area contributed by atoms with E-state index in [2.05, 4.69) is 16.4 Å². The lowest BCUT2D eigenvalue weighted by molar-refractivity contribution is -0.384. The van der Waals surface area contributed by atoms with Crippen molar-refractivity contribution in [2.24, 2.45) is 0 Å². The highest BCUT2D eigenvalue weighted by Crippen LogP contribution is 2.28. The Bertz CT molecular complexity index is 966. The lowest BCUT2D eigenvalue weighted by Gasteiger charge is -2.04. The number of aromatic nitrogens is 1. The number of nitrogens with zero attached hydrogens (tertiary/aromatic N) is 2. The van der Waals surface area contributed by atoms with Crippen molar-refractivity contribution in [3.05, 3.63) is 74.6 Å². The molecule has 0 atom stereocenters. The van der Waals surface area contributed by atoms with E-state index in [9.17, 15) is 14.9 Å². The van der Waals surface area contributed by atoms with Gasteiger partial charge in [-0.15, -0.1) is 11.3 Å². The van der Waals surface area contributed by atoms with Crippen molar-refractivity contribution in [3.8, 4) is 11.3 Å². The number of thiazole rings is 1. The van der Waals surface area contributed by atoms with Crippen LogP contribution in [-0.2, 0) is 0 Å². The van der Waals surface area contributed by atoms with Crippen LogP contribution in [0.15, 0.2) is 47.8 Å². The maximum Gasteiger partial charge on any atom is 0.270 e. The third kappa shape index (κ3) is 3.72. The molecular weight excluding hydrogens is 338 g/mol. The van der Waals surface area contributed by atoms with Crippen molar-refractivity contribution in [2.45, 2.75) is 13.8 Å². The first kappa shape index (κ1) is 16.8. The average Bonchev–Trinajstić information content (AvgIpc) is 3.03. The molecule has 0 saturated heterocycles. The van der Waals surface area contributed by atoms with E-state index in [4.69, 9.17) is 0 Å². The van der Waals surface area contributed by atoms with E-state index in [-0.39, 0.29) is 11.3 Å². The summed E-state index contributed by atoms with van der Waals surface area (Å²) in [4.78, 5) is 27.0. The van der Waals surface area contributed by atoms with Crippen molar-refractivity contribution < 1.29 is 9.72 Å². The van der Waals surface area contributed by atoms with Gasteiger partial charge in [0.1, 0.15) is 0 Å². The molecule has 1 aromatic heterocycles. The number of benzene rings is 2. The highest BCUT2D eigenvalue weighted by atomic mass is 32.1. The zero-order valence-electron chi connectivity index (χ0n) is 13.6. The zero-order chi connectivity index (χ0) is 18.0. The minimum Gasteiger partial charge on any atom is -0.298 e. The molecule has 126 valence electrons. The summed E-state index contributed by atoms with van der Waals surface area (Å²) < 4.78 is 0. The fourth-order valence-electron chi connectivity index (χ4n) is 2.49. The molecule has 0 aliphatic carbocycles. The van der Waals surface area contributed by atoms with Crippen LogP contribution in [0.5, 0.6) is 0 Å². The van der Waals surface area contributed by atoms with E-state index in [1.807, 2.05) is 31.4 Å². The Hall–Kier alpha value is -3.06. The van der Waals surface area contributed by atoms with Gasteiger partial charge in [0.2, 0.25) is 0 Å². The summed E-state index contributed by atoms with van der Waals surface area (Å²) in [7, 11) is 0. The number of aryl methyl sites for hydroxylation is 2. The van der Waals surface area contributed by atoms with Crippen LogP contribution in [0.1, 0.15) is 21.5 Å². The molecule has 0 spiro atoms. The number of non-ortho nitro benzene ring substituents is 1. The monoisotopic (exact) mass is 353 g/mol. The van der Waals surface area contributed by atoms with Crippen LogP contribution in [0, 0.1) is 24.0 Å². The number of nitro groups is 1. The van der Waals surface area contributed by atoms with Gasteiger partial charge in [-0.3, -0.25) is 20.2 Å². The van der Waals surface area contributed by atoms with E-state index in [1.54, 1.807) is 0 Å². The quantitative estimate of drug-likeness (QED) is 0.549. The molecule has 1 amide bonds. The maximum atomic E-state index is 12.3. The molecule has 0 unspecified atom stereocenters. The number of anilines is 1. The van der Waals surface area contributed by atoms with Crippen molar-refractivity contribution in [1.82, 2.24) is 4.98 Å². The highest BCUT2D eigenvalue weighted by Gasteiger charge is 2.14. The summed E-state index contributed by atoms with van der Waals surface area (Å²) >= 11 is 1.31. The van der Waals surface area contributed by atoms with Crippen molar-refractivity contribution >= 4 is 28.1 Å². The van der Waals surface area contributed by atoms with Crippen molar-refractivity contribution in [1.29, 1.82) is 0 Å². The van der Waals surface area contributed by atoms with Gasteiger partial charge in [-0.2, -0.15) is 0 Å². The number of nitro benzene ring substituents is 1. The number of nitrogens with one attached hydrogen (secondary N) is 1. The zero-order valence-corrected chi connectivity index (χ0v) is 14.5. The molecule has 3 rings (SSSR count). The third-order valence-corrected chi connectivity index (χ3v) is 4.46. The van der Waals surface area contributed by atoms with Crippen LogP contribution in [0.3, 0.4) is 0 Å². The summed E-state index contributed by atoms with van der Waals surface area (Å²) in [5.41, 5.74) is 4.19. The predicted molar refractivity (Wildman–Crippen MR) is 98.1 cm³/mol. The largest absolute Gasteiger partial charge is 0.298 e. The van der Waals surface area contributed by atoms with Crippen molar-refractivity contribution in [3.63, 3.8) is 0 Å². The number of hydrogen-bond donors (Lipinski definition) is 1. The molecule has 2 aromatic carbocycles. The van der Waals surface area contributed by atoms with Gasteiger partial charge in [0, 0.05) is 28.6 Å². The molecule has 1 N–H and O–H groups in total. The molecule has 0 radical (unpaired) electrons. The summed E-state index contributed by atoms with van der Waals surface area (Å²) in [6, 6.07) is 11.7. The molecule has 0 bridgehead atoms. The third-order valence-electron chi connectivity index (χ3n) is 3.70. The van der Waals surface area contributed by atoms with Gasteiger partial charge < -0.3 is 0 Å². The molecule has 7 heteroatoms. The lowest BCUT2D eigenvalue weighted by Crippen LogP contribution is -2.11. The molecule has 0 saturated carbocycles. The lowest BCUT2D eigenvalue weighted by atomic mass is 10.0. The first-order valence-corrected chi connectivity index (χ1v) is 8.41. The fourth-order valence-corrected chi connectivity index (χ4v) is 3.19. The number of hydrogen-bond acceptors (Lipinski definition) is 5. The topological polar surface area (TPSA) is 85.1 Å². The molecular formula is C18H15N3O3S. The molecule has 1 heterocycles. The Morgan fingerprint density at radius 2 is 2.00 bits per heavy atom. The SMILES string of the molecule is Cc1ccc(-c2csc(NC(=O)c3cccc([N+](=O)[O-])c3)n2)c(C)c1. The fraction of sp³-hybridized carbons (Fsp3) is 0.111. The minimum atomic E-state index is -0.529. The van der Waals surface area contributed by atoms with Gasteiger partial charge in [-0.25, -0.2) is 4.98 Å². The number of carbonyl (C=O) groups excluding carboxylic acids is 1. The van der Waals surface area contributed by atoms with Crippen LogP contribution in [0.2, 0.25) is 0 Å². The predicted octanol–water partition coefficient (Wildman–Crippen LogP) is 4.59. The smallest absolute Gasteiger partial charge is 0.270 e. The van der Waals surface area contributed by atoms with Gasteiger partial charge >= 0.3 is 0 Å². The van der Waals surface area contributed by atoms with Crippen molar-refractivity contribution in [2.75, 3.05) is 5.32 Å². The minimum absolute atomic E-state index is 0.122. The molecule has 0 fully saturated rings. The summed E-state index contributed by atoms with van der Waals surface area (Å²) in [6.07, 6.45) is 0. The Labute approximate surface area is 148 Å². The average molecular weight is 353 g/mol. The summed E-state index contributed by atoms with van der Waals surface area (Å²) in [6.45, 7) is 4.05. The van der Waals surface area contributed by atoms with E-state index < -0.39 is 10.8 Å². The molecule has 25 heavy (non-hydrogen) atoms. The first-order valence-electron chi connectivity index (χ1n) is 7.53. The Kier molecular flexibility index (Phi) is 4.58.